The summed E-state index contributed by atoms with van der Waals surface area (Å²) < 4.78 is 0.454. The number of thioether (sulfide) groups is 1. The summed E-state index contributed by atoms with van der Waals surface area (Å²) in [6.45, 7) is 7.75. The molecule has 1 nitrogen and oxygen atoms in total. The van der Waals surface area contributed by atoms with Crippen LogP contribution in [0.4, 0.5) is 0 Å². The molecule has 1 rings (SSSR count). The Balaban J connectivity index is 2.36. The first-order chi connectivity index (χ1) is 6.15. The molecule has 0 aromatic rings. The van der Waals surface area contributed by atoms with Crippen LogP contribution in [0.2, 0.25) is 0 Å². The molecule has 2 N–H and O–H groups in total. The van der Waals surface area contributed by atoms with Gasteiger partial charge in [0.25, 0.3) is 0 Å². The van der Waals surface area contributed by atoms with E-state index in [1.165, 1.54) is 25.7 Å². The van der Waals surface area contributed by atoms with Crippen LogP contribution in [0.15, 0.2) is 0 Å². The largest absolute Gasteiger partial charge is 0.329 e. The molecule has 78 valence electrons. The molecule has 0 heterocycles. The highest BCUT2D eigenvalue weighted by Gasteiger charge is 2.43. The van der Waals surface area contributed by atoms with Crippen molar-refractivity contribution in [2.75, 3.05) is 6.54 Å². The quantitative estimate of drug-likeness (QED) is 0.740. The summed E-state index contributed by atoms with van der Waals surface area (Å²) in [7, 11) is 0. The van der Waals surface area contributed by atoms with Crippen LogP contribution < -0.4 is 5.73 Å². The van der Waals surface area contributed by atoms with Gasteiger partial charge in [0.05, 0.1) is 0 Å². The highest BCUT2D eigenvalue weighted by Crippen LogP contribution is 2.50. The van der Waals surface area contributed by atoms with E-state index in [2.05, 4.69) is 32.5 Å². The normalized spacial score (nSPS) is 35.5. The van der Waals surface area contributed by atoms with Gasteiger partial charge in [-0.3, -0.25) is 0 Å². The molecule has 1 unspecified atom stereocenters. The first-order valence-electron chi connectivity index (χ1n) is 5.53. The van der Waals surface area contributed by atoms with E-state index >= 15 is 0 Å². The zero-order valence-corrected chi connectivity index (χ0v) is 9.99. The lowest BCUT2D eigenvalue weighted by molar-refractivity contribution is 0.228. The van der Waals surface area contributed by atoms with Crippen molar-refractivity contribution in [1.82, 2.24) is 0 Å². The highest BCUT2D eigenvalue weighted by molar-refractivity contribution is 8.01. The summed E-state index contributed by atoms with van der Waals surface area (Å²) >= 11 is 2.13. The fraction of sp³-hybridized carbons (Fsp3) is 1.00. The molecule has 0 saturated heterocycles. The van der Waals surface area contributed by atoms with Gasteiger partial charge in [0, 0.05) is 16.5 Å². The van der Waals surface area contributed by atoms with Crippen LogP contribution in [0.5, 0.6) is 0 Å². The van der Waals surface area contributed by atoms with Crippen LogP contribution in [0, 0.1) is 5.92 Å². The van der Waals surface area contributed by atoms with Crippen molar-refractivity contribution in [2.45, 2.75) is 56.5 Å². The second-order valence-corrected chi connectivity index (χ2v) is 6.31. The minimum atomic E-state index is 0.454. The Morgan fingerprint density at radius 1 is 1.46 bits per heavy atom. The molecule has 0 aromatic heterocycles. The smallest absolute Gasteiger partial charge is 0.0290 e. The third kappa shape index (κ3) is 2.63. The average Bonchev–Trinajstić information content (AvgIpc) is 2.10. The van der Waals surface area contributed by atoms with E-state index in [0.717, 1.165) is 17.7 Å². The molecule has 0 bridgehead atoms. The summed E-state index contributed by atoms with van der Waals surface area (Å²) in [5.74, 6) is 0.958. The third-order valence-electron chi connectivity index (χ3n) is 3.30. The maximum Gasteiger partial charge on any atom is 0.0290 e. The van der Waals surface area contributed by atoms with Crippen molar-refractivity contribution < 1.29 is 0 Å². The minimum Gasteiger partial charge on any atom is -0.329 e. The van der Waals surface area contributed by atoms with Gasteiger partial charge < -0.3 is 5.73 Å². The summed E-state index contributed by atoms with van der Waals surface area (Å²) in [6, 6.07) is 0. The molecular formula is C11H23NS. The molecule has 1 aliphatic rings. The Bertz CT molecular complexity index is 152. The fourth-order valence-corrected chi connectivity index (χ4v) is 3.88. The Kier molecular flexibility index (Phi) is 4.11. The van der Waals surface area contributed by atoms with Gasteiger partial charge in [-0.1, -0.05) is 27.2 Å². The first-order valence-corrected chi connectivity index (χ1v) is 6.41. The van der Waals surface area contributed by atoms with Crippen LogP contribution in [0.3, 0.4) is 0 Å². The topological polar surface area (TPSA) is 26.0 Å². The van der Waals surface area contributed by atoms with E-state index in [1.54, 1.807) is 0 Å². The van der Waals surface area contributed by atoms with Crippen LogP contribution in [0.25, 0.3) is 0 Å². The molecule has 0 amide bonds. The van der Waals surface area contributed by atoms with Gasteiger partial charge in [-0.25, -0.2) is 0 Å². The molecular weight excluding hydrogens is 178 g/mol. The zero-order chi connectivity index (χ0) is 9.90. The highest BCUT2D eigenvalue weighted by atomic mass is 32.2. The summed E-state index contributed by atoms with van der Waals surface area (Å²) in [6.07, 6.45) is 5.32. The molecule has 0 spiro atoms. The average molecular weight is 201 g/mol. The predicted molar refractivity (Wildman–Crippen MR) is 62.1 cm³/mol. The maximum atomic E-state index is 5.87. The Morgan fingerprint density at radius 3 is 2.46 bits per heavy atom. The van der Waals surface area contributed by atoms with Crippen molar-refractivity contribution in [3.05, 3.63) is 0 Å². The summed E-state index contributed by atoms with van der Waals surface area (Å²) in [5, 5.41) is 0.779. The van der Waals surface area contributed by atoms with Crippen molar-refractivity contribution in [3.63, 3.8) is 0 Å². The van der Waals surface area contributed by atoms with E-state index in [4.69, 9.17) is 5.73 Å². The lowest BCUT2D eigenvalue weighted by Gasteiger charge is -2.47. The fourth-order valence-electron chi connectivity index (χ4n) is 2.10. The van der Waals surface area contributed by atoms with E-state index < -0.39 is 0 Å². The summed E-state index contributed by atoms with van der Waals surface area (Å²) in [4.78, 5) is 0. The third-order valence-corrected chi connectivity index (χ3v) is 5.03. The Hall–Kier alpha value is 0.310. The van der Waals surface area contributed by atoms with Crippen molar-refractivity contribution in [2.24, 2.45) is 11.7 Å². The second-order valence-electron chi connectivity index (χ2n) is 4.41. The summed E-state index contributed by atoms with van der Waals surface area (Å²) in [5.41, 5.74) is 5.87. The molecule has 1 aliphatic carbocycles. The van der Waals surface area contributed by atoms with Gasteiger partial charge in [0.2, 0.25) is 0 Å². The van der Waals surface area contributed by atoms with Gasteiger partial charge in [-0.15, -0.1) is 0 Å². The van der Waals surface area contributed by atoms with E-state index in [-0.39, 0.29) is 0 Å². The zero-order valence-electron chi connectivity index (χ0n) is 9.18. The van der Waals surface area contributed by atoms with Gasteiger partial charge in [-0.05, 0) is 25.2 Å². The van der Waals surface area contributed by atoms with Crippen LogP contribution >= 0.6 is 11.8 Å². The van der Waals surface area contributed by atoms with E-state index in [0.29, 0.717) is 4.75 Å². The number of hydrogen-bond donors (Lipinski definition) is 1. The molecule has 1 fully saturated rings. The van der Waals surface area contributed by atoms with Crippen molar-refractivity contribution in [1.29, 1.82) is 0 Å². The second kappa shape index (κ2) is 4.70. The van der Waals surface area contributed by atoms with Crippen LogP contribution in [0.1, 0.15) is 46.5 Å². The van der Waals surface area contributed by atoms with Gasteiger partial charge >= 0.3 is 0 Å². The van der Waals surface area contributed by atoms with Gasteiger partial charge in [0.1, 0.15) is 0 Å². The molecule has 1 atom stereocenters. The lowest BCUT2D eigenvalue weighted by atomic mass is 9.73. The number of nitrogens with two attached hydrogens (primary N) is 1. The van der Waals surface area contributed by atoms with E-state index in [1.807, 2.05) is 0 Å². The van der Waals surface area contributed by atoms with Crippen LogP contribution in [-0.4, -0.2) is 16.5 Å². The minimum absolute atomic E-state index is 0.454. The van der Waals surface area contributed by atoms with Gasteiger partial charge in [0.15, 0.2) is 0 Å². The van der Waals surface area contributed by atoms with Crippen molar-refractivity contribution >= 4 is 11.8 Å². The monoisotopic (exact) mass is 201 g/mol. The SMILES string of the molecule is CCC1CC(CN)(SC(C)CC)C1. The standard InChI is InChI=1S/C11H23NS/c1-4-9(3)13-11(8-12)6-10(5-2)7-11/h9-10H,4-8,12H2,1-3H3. The number of rotatable bonds is 5. The predicted octanol–water partition coefficient (Wildman–Crippen LogP) is 3.04. The molecule has 0 aliphatic heterocycles. The van der Waals surface area contributed by atoms with Crippen molar-refractivity contribution in [3.8, 4) is 0 Å². The maximum absolute atomic E-state index is 5.87. The molecule has 13 heavy (non-hydrogen) atoms. The Labute approximate surface area is 86.8 Å². The van der Waals surface area contributed by atoms with Crippen LogP contribution in [-0.2, 0) is 0 Å². The molecule has 0 aromatic carbocycles. The molecule has 0 radical (unpaired) electrons. The van der Waals surface area contributed by atoms with E-state index in [9.17, 15) is 0 Å². The number of hydrogen-bond acceptors (Lipinski definition) is 2. The lowest BCUT2D eigenvalue weighted by Crippen LogP contribution is -2.47. The molecule has 1 saturated carbocycles. The molecule has 2 heteroatoms. The first kappa shape index (κ1) is 11.4. The van der Waals surface area contributed by atoms with Gasteiger partial charge in [-0.2, -0.15) is 11.8 Å². The Morgan fingerprint density at radius 2 is 2.08 bits per heavy atom.